The Morgan fingerprint density at radius 1 is 1.04 bits per heavy atom. The molecule has 0 aliphatic rings. The molecule has 0 aliphatic heterocycles. The number of imidazole rings is 1. The number of aromatic nitrogens is 2. The number of hydrogen-bond acceptors (Lipinski definition) is 3. The number of nitrogens with zero attached hydrogens (tertiary/aromatic N) is 2. The summed E-state index contributed by atoms with van der Waals surface area (Å²) in [5.74, 6) is 0.464. The van der Waals surface area contributed by atoms with Crippen molar-refractivity contribution in [2.45, 2.75) is 10.9 Å². The third kappa shape index (κ3) is 3.73. The van der Waals surface area contributed by atoms with Gasteiger partial charge in [0.1, 0.15) is 11.4 Å². The second kappa shape index (κ2) is 6.72. The fourth-order valence-corrected chi connectivity index (χ4v) is 3.62. The van der Waals surface area contributed by atoms with Crippen molar-refractivity contribution in [3.05, 3.63) is 54.1 Å². The van der Waals surface area contributed by atoms with Gasteiger partial charge in [-0.05, 0) is 24.3 Å². The van der Waals surface area contributed by atoms with Crippen LogP contribution in [0.2, 0.25) is 0 Å². The molecule has 122 valence electrons. The zero-order valence-electron chi connectivity index (χ0n) is 13.5. The van der Waals surface area contributed by atoms with Crippen LogP contribution >= 0.6 is 0 Å². The molecular weight excluding hydrogens is 310 g/mol. The second-order valence-electron chi connectivity index (χ2n) is 6.19. The highest BCUT2D eigenvalue weighted by Gasteiger charge is 2.23. The fraction of sp³-hybridized carbons (Fsp3) is 0.235. The van der Waals surface area contributed by atoms with Gasteiger partial charge in [-0.2, -0.15) is 4.98 Å². The van der Waals surface area contributed by atoms with Crippen molar-refractivity contribution in [3.8, 4) is 0 Å². The van der Waals surface area contributed by atoms with Gasteiger partial charge in [-0.1, -0.05) is 24.3 Å². The SMILES string of the molecule is C[N+](C)(C)c1ccccc1C[S+]([O-])c1nc2ccccc2[nH]1.[OH-]. The van der Waals surface area contributed by atoms with E-state index >= 15 is 0 Å². The van der Waals surface area contributed by atoms with E-state index in [9.17, 15) is 4.55 Å². The lowest BCUT2D eigenvalue weighted by Crippen LogP contribution is -2.36. The first-order chi connectivity index (χ1) is 10.4. The van der Waals surface area contributed by atoms with Crippen molar-refractivity contribution in [2.75, 3.05) is 21.1 Å². The Morgan fingerprint density at radius 3 is 2.39 bits per heavy atom. The summed E-state index contributed by atoms with van der Waals surface area (Å²) in [6.45, 7) is 0. The number of H-pyrrole nitrogens is 1. The van der Waals surface area contributed by atoms with Crippen molar-refractivity contribution >= 4 is 27.9 Å². The van der Waals surface area contributed by atoms with Gasteiger partial charge in [0.05, 0.1) is 37.7 Å². The van der Waals surface area contributed by atoms with Crippen molar-refractivity contribution < 1.29 is 10.0 Å². The average molecular weight is 331 g/mol. The van der Waals surface area contributed by atoms with Crippen LogP contribution in [0.3, 0.4) is 0 Å². The molecule has 0 bridgehead atoms. The summed E-state index contributed by atoms with van der Waals surface area (Å²) in [5, 5.41) is 0.539. The Hall–Kier alpha value is -1.86. The summed E-state index contributed by atoms with van der Waals surface area (Å²) < 4.78 is 13.4. The summed E-state index contributed by atoms with van der Waals surface area (Å²) >= 11 is -1.19. The third-order valence-electron chi connectivity index (χ3n) is 3.58. The fourth-order valence-electron chi connectivity index (χ4n) is 2.53. The van der Waals surface area contributed by atoms with E-state index in [1.165, 1.54) is 5.69 Å². The van der Waals surface area contributed by atoms with E-state index in [0.717, 1.165) is 16.6 Å². The van der Waals surface area contributed by atoms with Crippen LogP contribution < -0.4 is 4.48 Å². The van der Waals surface area contributed by atoms with Gasteiger partial charge in [0.15, 0.2) is 0 Å². The first-order valence-electron chi connectivity index (χ1n) is 7.18. The number of aromatic amines is 1. The molecule has 0 spiro atoms. The lowest BCUT2D eigenvalue weighted by Gasteiger charge is -2.25. The van der Waals surface area contributed by atoms with Crippen molar-refractivity contribution in [3.63, 3.8) is 0 Å². The molecule has 0 amide bonds. The zero-order chi connectivity index (χ0) is 15.7. The van der Waals surface area contributed by atoms with E-state index in [4.69, 9.17) is 0 Å². The summed E-state index contributed by atoms with van der Waals surface area (Å²) in [6.07, 6.45) is 0. The van der Waals surface area contributed by atoms with Crippen molar-refractivity contribution in [1.82, 2.24) is 14.5 Å². The largest absolute Gasteiger partial charge is 0.870 e. The van der Waals surface area contributed by atoms with Gasteiger partial charge in [-0.15, -0.1) is 0 Å². The van der Waals surface area contributed by atoms with E-state index in [2.05, 4.69) is 37.2 Å². The van der Waals surface area contributed by atoms with Crippen LogP contribution in [0.4, 0.5) is 5.69 Å². The minimum atomic E-state index is -1.19. The molecule has 1 aromatic heterocycles. The highest BCUT2D eigenvalue weighted by atomic mass is 32.2. The Kier molecular flexibility index (Phi) is 5.11. The Bertz CT molecular complexity index is 763. The van der Waals surface area contributed by atoms with Crippen molar-refractivity contribution in [2.24, 2.45) is 0 Å². The van der Waals surface area contributed by atoms with Gasteiger partial charge < -0.3 is 10.0 Å². The molecule has 3 rings (SSSR count). The maximum atomic E-state index is 12.7. The molecule has 0 radical (unpaired) electrons. The van der Waals surface area contributed by atoms with Gasteiger partial charge in [0, 0.05) is 11.2 Å². The van der Waals surface area contributed by atoms with Crippen LogP contribution in [0.1, 0.15) is 5.56 Å². The second-order valence-corrected chi connectivity index (χ2v) is 7.56. The molecule has 2 aromatic carbocycles. The quantitative estimate of drug-likeness (QED) is 0.589. The molecule has 3 aromatic rings. The molecule has 1 heterocycles. The van der Waals surface area contributed by atoms with E-state index in [1.54, 1.807) is 0 Å². The molecular formula is C17H21N3O2S. The molecule has 1 atom stereocenters. The maximum Gasteiger partial charge on any atom is 0.321 e. The van der Waals surface area contributed by atoms with E-state index in [1.807, 2.05) is 42.5 Å². The van der Waals surface area contributed by atoms with Gasteiger partial charge in [0.2, 0.25) is 0 Å². The van der Waals surface area contributed by atoms with E-state index in [-0.39, 0.29) is 5.48 Å². The zero-order valence-corrected chi connectivity index (χ0v) is 14.3. The topological polar surface area (TPSA) is 81.7 Å². The lowest BCUT2D eigenvalue weighted by molar-refractivity contribution is 0.483. The lowest BCUT2D eigenvalue weighted by atomic mass is 10.2. The normalized spacial score (nSPS) is 12.9. The Balaban J connectivity index is 0.00000192. The first kappa shape index (κ1) is 17.5. The number of quaternary nitrogens is 1. The predicted octanol–water partition coefficient (Wildman–Crippen LogP) is 2.89. The Morgan fingerprint density at radius 2 is 1.70 bits per heavy atom. The summed E-state index contributed by atoms with van der Waals surface area (Å²) in [4.78, 5) is 7.60. The number of rotatable bonds is 4. The van der Waals surface area contributed by atoms with Crippen LogP contribution in [-0.4, -0.2) is 41.1 Å². The van der Waals surface area contributed by atoms with Crippen molar-refractivity contribution in [1.29, 1.82) is 0 Å². The molecule has 0 saturated carbocycles. The average Bonchev–Trinajstić information content (AvgIpc) is 2.90. The van der Waals surface area contributed by atoms with Gasteiger partial charge >= 0.3 is 5.16 Å². The minimum Gasteiger partial charge on any atom is -0.870 e. The molecule has 23 heavy (non-hydrogen) atoms. The summed E-state index contributed by atoms with van der Waals surface area (Å²) in [6, 6.07) is 15.9. The monoisotopic (exact) mass is 331 g/mol. The highest BCUT2D eigenvalue weighted by molar-refractivity contribution is 7.90. The molecule has 1 unspecified atom stereocenters. The van der Waals surface area contributed by atoms with Gasteiger partial charge in [-0.3, -0.25) is 9.47 Å². The molecule has 0 aliphatic carbocycles. The predicted molar refractivity (Wildman–Crippen MR) is 94.1 cm³/mol. The molecule has 0 saturated heterocycles. The number of hydrogen-bond donors (Lipinski definition) is 1. The third-order valence-corrected chi connectivity index (χ3v) is 4.78. The van der Waals surface area contributed by atoms with Gasteiger partial charge in [-0.25, -0.2) is 0 Å². The van der Waals surface area contributed by atoms with Crippen LogP contribution in [0.5, 0.6) is 0 Å². The molecule has 0 fully saturated rings. The highest BCUT2D eigenvalue weighted by Crippen LogP contribution is 2.26. The van der Waals surface area contributed by atoms with Crippen LogP contribution in [0.15, 0.2) is 53.7 Å². The van der Waals surface area contributed by atoms with Crippen LogP contribution in [-0.2, 0) is 16.9 Å². The number of benzene rings is 2. The molecule has 2 N–H and O–H groups in total. The van der Waals surface area contributed by atoms with E-state index < -0.39 is 11.2 Å². The minimum absolute atomic E-state index is 0. The summed E-state index contributed by atoms with van der Waals surface area (Å²) in [5.41, 5.74) is 4.04. The molecule has 6 heteroatoms. The summed E-state index contributed by atoms with van der Waals surface area (Å²) in [7, 11) is 6.34. The first-order valence-corrected chi connectivity index (χ1v) is 8.50. The maximum absolute atomic E-state index is 12.7. The van der Waals surface area contributed by atoms with Crippen LogP contribution in [0.25, 0.3) is 11.0 Å². The Labute approximate surface area is 139 Å². The number of fused-ring (bicyclic) bond motifs is 1. The van der Waals surface area contributed by atoms with Crippen LogP contribution in [0, 0.1) is 0 Å². The number of nitrogens with one attached hydrogen (secondary N) is 1. The smallest absolute Gasteiger partial charge is 0.321 e. The van der Waals surface area contributed by atoms with E-state index in [0.29, 0.717) is 15.4 Å². The number of para-hydroxylation sites is 3. The standard InChI is InChI=1S/C17H20N3OS.H2O/c1-20(2,3)16-11-7-4-8-13(16)12-22(21)17-18-14-9-5-6-10-15(14)19-17;/h4-11H,12H2,1-3H3,(H,18,19);1H2/q+1;/p-1. The molecule has 5 nitrogen and oxygen atoms in total. The van der Waals surface area contributed by atoms with Gasteiger partial charge in [0.25, 0.3) is 0 Å².